The predicted octanol–water partition coefficient (Wildman–Crippen LogP) is 2.64. The summed E-state index contributed by atoms with van der Waals surface area (Å²) in [5, 5.41) is 4.07. The normalized spacial score (nSPS) is 21.0. The molecule has 1 aromatic heterocycles. The number of piperidine rings is 1. The average molecular weight is 269 g/mol. The molecule has 0 aromatic carbocycles. The highest BCUT2D eigenvalue weighted by Crippen LogP contribution is 2.22. The summed E-state index contributed by atoms with van der Waals surface area (Å²) in [6.07, 6.45) is 2.43. The number of aryl methyl sites for hydroxylation is 1. The summed E-state index contributed by atoms with van der Waals surface area (Å²) in [6, 6.07) is 0.461. The van der Waals surface area contributed by atoms with E-state index in [1.807, 2.05) is 13.8 Å². The fraction of sp³-hybridized carbons (Fsp3) is 0.692. The number of hydrogen-bond acceptors (Lipinski definition) is 4. The van der Waals surface area contributed by atoms with Gasteiger partial charge in [-0.2, -0.15) is 0 Å². The average Bonchev–Trinajstić information content (AvgIpc) is 2.35. The molecule has 5 heteroatoms. The molecule has 100 valence electrons. The first kappa shape index (κ1) is 13.6. The number of anilines is 1. The summed E-state index contributed by atoms with van der Waals surface area (Å²) in [4.78, 5) is 11.1. The molecule has 1 aromatic rings. The standard InChI is InChI=1S/C13H21ClN4/c1-4-18-7-5-6-11(8-18)17-13-9(2)12(14)15-10(3)16-13/h11H,4-8H2,1-3H3,(H,15,16,17). The van der Waals surface area contributed by atoms with Gasteiger partial charge in [-0.05, 0) is 39.8 Å². The topological polar surface area (TPSA) is 41.0 Å². The molecule has 1 unspecified atom stereocenters. The van der Waals surface area contributed by atoms with Crippen LogP contribution in [0.3, 0.4) is 0 Å². The fourth-order valence-electron chi connectivity index (χ4n) is 2.39. The van der Waals surface area contributed by atoms with E-state index in [0.717, 1.165) is 30.3 Å². The van der Waals surface area contributed by atoms with Gasteiger partial charge >= 0.3 is 0 Å². The summed E-state index contributed by atoms with van der Waals surface area (Å²) in [6.45, 7) is 9.44. The molecule has 0 saturated carbocycles. The number of aromatic nitrogens is 2. The zero-order valence-corrected chi connectivity index (χ0v) is 12.1. The molecule has 4 nitrogen and oxygen atoms in total. The highest BCUT2D eigenvalue weighted by atomic mass is 35.5. The molecule has 18 heavy (non-hydrogen) atoms. The molecule has 0 spiro atoms. The third-order valence-electron chi connectivity index (χ3n) is 3.49. The molecule has 1 N–H and O–H groups in total. The van der Waals surface area contributed by atoms with Gasteiger partial charge < -0.3 is 10.2 Å². The molecule has 1 saturated heterocycles. The van der Waals surface area contributed by atoms with Crippen LogP contribution in [0.1, 0.15) is 31.2 Å². The Bertz CT molecular complexity index is 422. The summed E-state index contributed by atoms with van der Waals surface area (Å²) < 4.78 is 0. The number of nitrogens with zero attached hydrogens (tertiary/aromatic N) is 3. The lowest BCUT2D eigenvalue weighted by molar-refractivity contribution is 0.226. The lowest BCUT2D eigenvalue weighted by atomic mass is 10.1. The van der Waals surface area contributed by atoms with Crippen LogP contribution in [-0.4, -0.2) is 40.5 Å². The fourth-order valence-corrected chi connectivity index (χ4v) is 2.60. The predicted molar refractivity (Wildman–Crippen MR) is 75.3 cm³/mol. The number of likely N-dealkylation sites (tertiary alicyclic amines) is 1. The van der Waals surface area contributed by atoms with Crippen molar-refractivity contribution in [2.24, 2.45) is 0 Å². The second-order valence-corrected chi connectivity index (χ2v) is 5.27. The lowest BCUT2D eigenvalue weighted by Gasteiger charge is -2.32. The van der Waals surface area contributed by atoms with Crippen molar-refractivity contribution in [1.29, 1.82) is 0 Å². The smallest absolute Gasteiger partial charge is 0.137 e. The maximum absolute atomic E-state index is 6.09. The van der Waals surface area contributed by atoms with E-state index < -0.39 is 0 Å². The minimum atomic E-state index is 0.461. The Kier molecular flexibility index (Phi) is 4.40. The Morgan fingerprint density at radius 3 is 2.89 bits per heavy atom. The first-order valence-corrected chi connectivity index (χ1v) is 6.97. The van der Waals surface area contributed by atoms with Crippen molar-refractivity contribution < 1.29 is 0 Å². The van der Waals surface area contributed by atoms with Gasteiger partial charge in [0, 0.05) is 18.2 Å². The Labute approximate surface area is 114 Å². The Hall–Kier alpha value is -0.870. The first-order valence-electron chi connectivity index (χ1n) is 6.59. The van der Waals surface area contributed by atoms with E-state index in [9.17, 15) is 0 Å². The highest BCUT2D eigenvalue weighted by Gasteiger charge is 2.20. The summed E-state index contributed by atoms with van der Waals surface area (Å²) in [7, 11) is 0. The third-order valence-corrected chi connectivity index (χ3v) is 3.86. The first-order chi connectivity index (χ1) is 8.60. The zero-order valence-electron chi connectivity index (χ0n) is 11.3. The summed E-state index contributed by atoms with van der Waals surface area (Å²) in [5.41, 5.74) is 0.941. The van der Waals surface area contributed by atoms with Crippen LogP contribution < -0.4 is 5.32 Å². The highest BCUT2D eigenvalue weighted by molar-refractivity contribution is 6.30. The van der Waals surface area contributed by atoms with Gasteiger partial charge in [0.1, 0.15) is 16.8 Å². The zero-order chi connectivity index (χ0) is 13.1. The second kappa shape index (κ2) is 5.85. The Morgan fingerprint density at radius 2 is 2.17 bits per heavy atom. The summed E-state index contributed by atoms with van der Waals surface area (Å²) in [5.74, 6) is 1.60. The van der Waals surface area contributed by atoms with Crippen molar-refractivity contribution in [2.75, 3.05) is 25.0 Å². The van der Waals surface area contributed by atoms with Gasteiger partial charge in [-0.1, -0.05) is 18.5 Å². The Morgan fingerprint density at radius 1 is 1.39 bits per heavy atom. The molecule has 1 aliphatic rings. The number of hydrogen-bond donors (Lipinski definition) is 1. The van der Waals surface area contributed by atoms with Crippen molar-refractivity contribution in [3.63, 3.8) is 0 Å². The van der Waals surface area contributed by atoms with Gasteiger partial charge in [0.05, 0.1) is 0 Å². The van der Waals surface area contributed by atoms with Crippen LogP contribution in [0.2, 0.25) is 5.15 Å². The van der Waals surface area contributed by atoms with Gasteiger partial charge in [-0.3, -0.25) is 0 Å². The van der Waals surface area contributed by atoms with Gasteiger partial charge in [0.2, 0.25) is 0 Å². The number of nitrogens with one attached hydrogen (secondary N) is 1. The van der Waals surface area contributed by atoms with Crippen LogP contribution in [0, 0.1) is 13.8 Å². The van der Waals surface area contributed by atoms with Crippen molar-refractivity contribution in [3.8, 4) is 0 Å². The van der Waals surface area contributed by atoms with Crippen LogP contribution >= 0.6 is 11.6 Å². The molecule has 0 aliphatic carbocycles. The molecule has 0 amide bonds. The molecule has 0 radical (unpaired) electrons. The molecular weight excluding hydrogens is 248 g/mol. The van der Waals surface area contributed by atoms with Crippen molar-refractivity contribution >= 4 is 17.4 Å². The number of likely N-dealkylation sites (N-methyl/N-ethyl adjacent to an activating group) is 1. The monoisotopic (exact) mass is 268 g/mol. The minimum absolute atomic E-state index is 0.461. The largest absolute Gasteiger partial charge is 0.366 e. The van der Waals surface area contributed by atoms with Crippen molar-refractivity contribution in [1.82, 2.24) is 14.9 Å². The van der Waals surface area contributed by atoms with E-state index >= 15 is 0 Å². The van der Waals surface area contributed by atoms with E-state index in [-0.39, 0.29) is 0 Å². The van der Waals surface area contributed by atoms with Crippen molar-refractivity contribution in [3.05, 3.63) is 16.5 Å². The molecular formula is C13H21ClN4. The molecule has 1 atom stereocenters. The van der Waals surface area contributed by atoms with E-state index in [4.69, 9.17) is 11.6 Å². The molecule has 1 fully saturated rings. The molecule has 0 bridgehead atoms. The van der Waals surface area contributed by atoms with Gasteiger partial charge in [-0.15, -0.1) is 0 Å². The van der Waals surface area contributed by atoms with Gasteiger partial charge in [-0.25, -0.2) is 9.97 Å². The SMILES string of the molecule is CCN1CCCC(Nc2nc(C)nc(Cl)c2C)C1. The number of rotatable bonds is 3. The maximum Gasteiger partial charge on any atom is 0.137 e. The van der Waals surface area contributed by atoms with E-state index in [1.54, 1.807) is 0 Å². The Balaban J connectivity index is 2.09. The molecule has 2 rings (SSSR count). The second-order valence-electron chi connectivity index (χ2n) is 4.91. The van der Waals surface area contributed by atoms with Crippen LogP contribution in [0.15, 0.2) is 0 Å². The van der Waals surface area contributed by atoms with Crippen LogP contribution in [-0.2, 0) is 0 Å². The van der Waals surface area contributed by atoms with Crippen molar-refractivity contribution in [2.45, 2.75) is 39.7 Å². The molecule has 1 aliphatic heterocycles. The van der Waals surface area contributed by atoms with Crippen LogP contribution in [0.5, 0.6) is 0 Å². The quantitative estimate of drug-likeness (QED) is 0.856. The van der Waals surface area contributed by atoms with Crippen LogP contribution in [0.25, 0.3) is 0 Å². The third kappa shape index (κ3) is 3.12. The van der Waals surface area contributed by atoms with E-state index in [1.165, 1.54) is 19.4 Å². The lowest BCUT2D eigenvalue weighted by Crippen LogP contribution is -2.42. The van der Waals surface area contributed by atoms with Crippen LogP contribution in [0.4, 0.5) is 5.82 Å². The van der Waals surface area contributed by atoms with E-state index in [0.29, 0.717) is 11.2 Å². The van der Waals surface area contributed by atoms with Gasteiger partial charge in [0.25, 0.3) is 0 Å². The van der Waals surface area contributed by atoms with E-state index in [2.05, 4.69) is 27.1 Å². The molecule has 2 heterocycles. The number of halogens is 1. The van der Waals surface area contributed by atoms with Gasteiger partial charge in [0.15, 0.2) is 0 Å². The summed E-state index contributed by atoms with van der Waals surface area (Å²) >= 11 is 6.09. The minimum Gasteiger partial charge on any atom is -0.366 e. The maximum atomic E-state index is 6.09.